The third-order valence-corrected chi connectivity index (χ3v) is 1.64. The molecule has 1 N–H and O–H groups in total. The van der Waals surface area contributed by atoms with E-state index in [1.165, 1.54) is 12.1 Å². The molecule has 0 aliphatic heterocycles. The lowest BCUT2D eigenvalue weighted by Crippen LogP contribution is -1.96. The largest absolute Gasteiger partial charge is 0.392 e. The molecular formula is C9H11FO2. The quantitative estimate of drug-likeness (QED) is 0.744. The fraction of sp³-hybridized carbons (Fsp3) is 0.333. The Morgan fingerprint density at radius 1 is 1.42 bits per heavy atom. The second-order valence-corrected chi connectivity index (χ2v) is 2.50. The topological polar surface area (TPSA) is 29.5 Å². The van der Waals surface area contributed by atoms with Crippen LogP contribution in [0.1, 0.15) is 11.1 Å². The first kappa shape index (κ1) is 9.16. The number of methoxy groups -OCH3 is 1. The highest BCUT2D eigenvalue weighted by atomic mass is 19.1. The molecule has 12 heavy (non-hydrogen) atoms. The maximum absolute atomic E-state index is 12.6. The van der Waals surface area contributed by atoms with Gasteiger partial charge < -0.3 is 9.84 Å². The van der Waals surface area contributed by atoms with E-state index in [4.69, 9.17) is 9.84 Å². The molecular weight excluding hydrogens is 159 g/mol. The molecule has 0 aliphatic carbocycles. The standard InChI is InChI=1S/C9H11FO2/c1-12-6-7-2-3-9(10)4-8(7)5-11/h2-4,11H,5-6H2,1H3. The average molecular weight is 170 g/mol. The molecule has 0 saturated heterocycles. The van der Waals surface area contributed by atoms with E-state index in [1.54, 1.807) is 13.2 Å². The van der Waals surface area contributed by atoms with Crippen molar-refractivity contribution in [3.63, 3.8) is 0 Å². The van der Waals surface area contributed by atoms with Crippen LogP contribution in [0.4, 0.5) is 4.39 Å². The first-order chi connectivity index (χ1) is 5.77. The molecule has 3 heteroatoms. The van der Waals surface area contributed by atoms with E-state index in [9.17, 15) is 4.39 Å². The van der Waals surface area contributed by atoms with Crippen molar-refractivity contribution in [2.45, 2.75) is 13.2 Å². The smallest absolute Gasteiger partial charge is 0.123 e. The highest BCUT2D eigenvalue weighted by Crippen LogP contribution is 2.11. The molecule has 0 amide bonds. The normalized spacial score (nSPS) is 10.2. The molecule has 1 aromatic rings. The van der Waals surface area contributed by atoms with Crippen molar-refractivity contribution < 1.29 is 14.2 Å². The van der Waals surface area contributed by atoms with Gasteiger partial charge in [0.25, 0.3) is 0 Å². The molecule has 1 aromatic carbocycles. The lowest BCUT2D eigenvalue weighted by molar-refractivity contribution is 0.181. The molecule has 66 valence electrons. The van der Waals surface area contributed by atoms with E-state index in [0.717, 1.165) is 5.56 Å². The Labute approximate surface area is 70.6 Å². The maximum Gasteiger partial charge on any atom is 0.123 e. The van der Waals surface area contributed by atoms with Crippen LogP contribution >= 0.6 is 0 Å². The summed E-state index contributed by atoms with van der Waals surface area (Å²) >= 11 is 0. The first-order valence-electron chi connectivity index (χ1n) is 3.65. The summed E-state index contributed by atoms with van der Waals surface area (Å²) in [6, 6.07) is 4.28. The lowest BCUT2D eigenvalue weighted by atomic mass is 10.1. The average Bonchev–Trinajstić information content (AvgIpc) is 2.08. The third-order valence-electron chi connectivity index (χ3n) is 1.64. The number of rotatable bonds is 3. The summed E-state index contributed by atoms with van der Waals surface area (Å²) in [5, 5.41) is 8.85. The monoisotopic (exact) mass is 170 g/mol. The van der Waals surface area contributed by atoms with Crippen LogP contribution in [0, 0.1) is 5.82 Å². The van der Waals surface area contributed by atoms with Crippen LogP contribution in [0.15, 0.2) is 18.2 Å². The van der Waals surface area contributed by atoms with Crippen molar-refractivity contribution in [1.82, 2.24) is 0 Å². The SMILES string of the molecule is COCc1ccc(F)cc1CO. The van der Waals surface area contributed by atoms with Crippen molar-refractivity contribution in [2.24, 2.45) is 0 Å². The zero-order chi connectivity index (χ0) is 8.97. The number of halogens is 1. The van der Waals surface area contributed by atoms with Gasteiger partial charge in [-0.2, -0.15) is 0 Å². The van der Waals surface area contributed by atoms with Gasteiger partial charge in [0, 0.05) is 7.11 Å². The summed E-state index contributed by atoms with van der Waals surface area (Å²) in [4.78, 5) is 0. The first-order valence-corrected chi connectivity index (χ1v) is 3.65. The minimum atomic E-state index is -0.334. The van der Waals surface area contributed by atoms with Crippen LogP contribution in [0.5, 0.6) is 0 Å². The van der Waals surface area contributed by atoms with Crippen molar-refractivity contribution in [1.29, 1.82) is 0 Å². The molecule has 2 nitrogen and oxygen atoms in total. The minimum Gasteiger partial charge on any atom is -0.392 e. The predicted octanol–water partition coefficient (Wildman–Crippen LogP) is 1.46. The summed E-state index contributed by atoms with van der Waals surface area (Å²) in [6.45, 7) is 0.243. The number of aliphatic hydroxyl groups is 1. The molecule has 0 unspecified atom stereocenters. The summed E-state index contributed by atoms with van der Waals surface area (Å²) < 4.78 is 17.5. The van der Waals surface area contributed by atoms with Gasteiger partial charge in [-0.25, -0.2) is 4.39 Å². The Morgan fingerprint density at radius 3 is 2.75 bits per heavy atom. The fourth-order valence-electron chi connectivity index (χ4n) is 1.04. The lowest BCUT2D eigenvalue weighted by Gasteiger charge is -2.05. The highest BCUT2D eigenvalue weighted by molar-refractivity contribution is 5.26. The predicted molar refractivity (Wildman–Crippen MR) is 43.0 cm³/mol. The van der Waals surface area contributed by atoms with E-state index in [1.807, 2.05) is 0 Å². The number of benzene rings is 1. The van der Waals surface area contributed by atoms with Crippen LogP contribution in [0.25, 0.3) is 0 Å². The number of hydrogen-bond acceptors (Lipinski definition) is 2. The van der Waals surface area contributed by atoms with E-state index < -0.39 is 0 Å². The second-order valence-electron chi connectivity index (χ2n) is 2.50. The van der Waals surface area contributed by atoms with Crippen LogP contribution in [-0.4, -0.2) is 12.2 Å². The van der Waals surface area contributed by atoms with Gasteiger partial charge in [-0.1, -0.05) is 6.07 Å². The molecule has 0 spiro atoms. The van der Waals surface area contributed by atoms with Crippen LogP contribution in [0.2, 0.25) is 0 Å². The molecule has 0 bridgehead atoms. The maximum atomic E-state index is 12.6. The van der Waals surface area contributed by atoms with Gasteiger partial charge in [-0.05, 0) is 23.3 Å². The van der Waals surface area contributed by atoms with Gasteiger partial charge >= 0.3 is 0 Å². The van der Waals surface area contributed by atoms with E-state index in [-0.39, 0.29) is 12.4 Å². The van der Waals surface area contributed by atoms with Gasteiger partial charge in [0.1, 0.15) is 5.82 Å². The van der Waals surface area contributed by atoms with Gasteiger partial charge in [-0.15, -0.1) is 0 Å². The van der Waals surface area contributed by atoms with Crippen molar-refractivity contribution in [3.8, 4) is 0 Å². The molecule has 0 atom stereocenters. The summed E-state index contributed by atoms with van der Waals surface area (Å²) in [5.74, 6) is -0.334. The minimum absolute atomic E-state index is 0.156. The van der Waals surface area contributed by atoms with E-state index in [0.29, 0.717) is 12.2 Å². The molecule has 0 saturated carbocycles. The molecule has 1 rings (SSSR count). The van der Waals surface area contributed by atoms with Crippen molar-refractivity contribution in [3.05, 3.63) is 35.1 Å². The number of ether oxygens (including phenoxy) is 1. The second kappa shape index (κ2) is 4.18. The van der Waals surface area contributed by atoms with Gasteiger partial charge in [0.05, 0.1) is 13.2 Å². The van der Waals surface area contributed by atoms with Crippen LogP contribution < -0.4 is 0 Å². The van der Waals surface area contributed by atoms with Gasteiger partial charge in [0.15, 0.2) is 0 Å². The fourth-order valence-corrected chi connectivity index (χ4v) is 1.04. The summed E-state index contributed by atoms with van der Waals surface area (Å²) in [5.41, 5.74) is 1.40. The number of hydrogen-bond donors (Lipinski definition) is 1. The van der Waals surface area contributed by atoms with Crippen LogP contribution in [0.3, 0.4) is 0 Å². The Bertz CT molecular complexity index is 261. The Morgan fingerprint density at radius 2 is 2.17 bits per heavy atom. The molecule has 0 heterocycles. The molecule has 0 aliphatic rings. The summed E-state index contributed by atoms with van der Waals surface area (Å²) in [7, 11) is 1.56. The Kier molecular flexibility index (Phi) is 3.19. The van der Waals surface area contributed by atoms with Crippen molar-refractivity contribution >= 4 is 0 Å². The van der Waals surface area contributed by atoms with Crippen molar-refractivity contribution in [2.75, 3.05) is 7.11 Å². The number of aliphatic hydroxyl groups excluding tert-OH is 1. The highest BCUT2D eigenvalue weighted by Gasteiger charge is 2.01. The van der Waals surface area contributed by atoms with E-state index in [2.05, 4.69) is 0 Å². The third kappa shape index (κ3) is 2.03. The van der Waals surface area contributed by atoms with Crippen LogP contribution in [-0.2, 0) is 18.0 Å². The zero-order valence-corrected chi connectivity index (χ0v) is 6.88. The van der Waals surface area contributed by atoms with Gasteiger partial charge in [-0.3, -0.25) is 0 Å². The van der Waals surface area contributed by atoms with Gasteiger partial charge in [0.2, 0.25) is 0 Å². The molecule has 0 fully saturated rings. The van der Waals surface area contributed by atoms with E-state index >= 15 is 0 Å². The Balaban J connectivity index is 2.94. The Hall–Kier alpha value is -0.930. The molecule has 0 radical (unpaired) electrons. The summed E-state index contributed by atoms with van der Waals surface area (Å²) in [6.07, 6.45) is 0. The zero-order valence-electron chi connectivity index (χ0n) is 6.88. The molecule has 0 aromatic heterocycles.